The molecule has 128 valence electrons. The number of pyridine rings is 1. The van der Waals surface area contributed by atoms with Gasteiger partial charge in [0.1, 0.15) is 12.1 Å². The maximum absolute atomic E-state index is 9.49. The average Bonchev–Trinajstić information content (AvgIpc) is 3.04. The lowest BCUT2D eigenvalue weighted by molar-refractivity contribution is 0.317. The topological polar surface area (TPSA) is 72.5 Å². The predicted octanol–water partition coefficient (Wildman–Crippen LogP) is 4.19. The SMILES string of the molecule is Cc1cn(/C(=N\O)c2cccnc2Oc2ccc(C(C)C)cc2)cn1. The number of ether oxygens (including phenoxy) is 1. The van der Waals surface area contributed by atoms with Crippen LogP contribution in [0.2, 0.25) is 0 Å². The van der Waals surface area contributed by atoms with Gasteiger partial charge in [0.2, 0.25) is 5.88 Å². The van der Waals surface area contributed by atoms with Gasteiger partial charge < -0.3 is 9.94 Å². The third-order valence-electron chi connectivity index (χ3n) is 3.82. The summed E-state index contributed by atoms with van der Waals surface area (Å²) in [4.78, 5) is 8.45. The molecule has 3 aromatic rings. The molecule has 0 aliphatic rings. The summed E-state index contributed by atoms with van der Waals surface area (Å²) >= 11 is 0. The number of imidazole rings is 1. The van der Waals surface area contributed by atoms with E-state index in [1.807, 2.05) is 31.2 Å². The Balaban J connectivity index is 1.93. The molecule has 0 saturated carbocycles. The number of rotatable bonds is 4. The Morgan fingerprint density at radius 2 is 1.92 bits per heavy atom. The van der Waals surface area contributed by atoms with E-state index in [4.69, 9.17) is 4.74 Å². The number of nitrogens with zero attached hydrogens (tertiary/aromatic N) is 4. The van der Waals surface area contributed by atoms with E-state index in [0.29, 0.717) is 28.9 Å². The van der Waals surface area contributed by atoms with Gasteiger partial charge in [0, 0.05) is 12.4 Å². The van der Waals surface area contributed by atoms with E-state index in [1.54, 1.807) is 35.4 Å². The monoisotopic (exact) mass is 336 g/mol. The lowest BCUT2D eigenvalue weighted by atomic mass is 10.0. The van der Waals surface area contributed by atoms with E-state index in [1.165, 1.54) is 5.56 Å². The molecule has 6 nitrogen and oxygen atoms in total. The van der Waals surface area contributed by atoms with Crippen molar-refractivity contribution < 1.29 is 9.94 Å². The summed E-state index contributed by atoms with van der Waals surface area (Å²) in [7, 11) is 0. The van der Waals surface area contributed by atoms with Crippen LogP contribution in [0.1, 0.15) is 36.6 Å². The van der Waals surface area contributed by atoms with Gasteiger partial charge in [0.25, 0.3) is 0 Å². The Morgan fingerprint density at radius 1 is 1.16 bits per heavy atom. The Labute approximate surface area is 146 Å². The molecule has 0 fully saturated rings. The summed E-state index contributed by atoms with van der Waals surface area (Å²) in [6, 6.07) is 11.4. The van der Waals surface area contributed by atoms with Crippen LogP contribution in [-0.2, 0) is 0 Å². The highest BCUT2D eigenvalue weighted by molar-refractivity contribution is 6.01. The van der Waals surface area contributed by atoms with Crippen LogP contribution >= 0.6 is 0 Å². The Bertz CT molecular complexity index is 882. The Kier molecular flexibility index (Phi) is 4.79. The number of hydrogen-bond donors (Lipinski definition) is 1. The van der Waals surface area contributed by atoms with E-state index in [0.717, 1.165) is 5.69 Å². The van der Waals surface area contributed by atoms with Crippen LogP contribution in [0, 0.1) is 6.92 Å². The van der Waals surface area contributed by atoms with Crippen LogP contribution in [0.5, 0.6) is 11.6 Å². The van der Waals surface area contributed by atoms with E-state index in [-0.39, 0.29) is 0 Å². The molecule has 6 heteroatoms. The first kappa shape index (κ1) is 16.7. The molecule has 0 radical (unpaired) electrons. The predicted molar refractivity (Wildman–Crippen MR) is 95.5 cm³/mol. The number of hydrogen-bond acceptors (Lipinski definition) is 5. The summed E-state index contributed by atoms with van der Waals surface area (Å²) in [5, 5.41) is 12.9. The van der Waals surface area contributed by atoms with E-state index in [2.05, 4.69) is 29.0 Å². The van der Waals surface area contributed by atoms with Gasteiger partial charge in [-0.15, -0.1) is 0 Å². The maximum atomic E-state index is 9.49. The molecular weight excluding hydrogens is 316 g/mol. The van der Waals surface area contributed by atoms with E-state index in [9.17, 15) is 5.21 Å². The molecule has 0 amide bonds. The Hall–Kier alpha value is -3.15. The van der Waals surface area contributed by atoms with Crippen molar-refractivity contribution in [2.75, 3.05) is 0 Å². The average molecular weight is 336 g/mol. The fourth-order valence-electron chi connectivity index (χ4n) is 2.46. The van der Waals surface area contributed by atoms with E-state index >= 15 is 0 Å². The normalized spacial score (nSPS) is 11.8. The summed E-state index contributed by atoms with van der Waals surface area (Å²) < 4.78 is 7.54. The van der Waals surface area contributed by atoms with Crippen LogP contribution in [0.25, 0.3) is 0 Å². The van der Waals surface area contributed by atoms with Crippen molar-refractivity contribution in [3.8, 4) is 11.6 Å². The molecule has 0 spiro atoms. The molecule has 0 bridgehead atoms. The van der Waals surface area contributed by atoms with Gasteiger partial charge in [-0.25, -0.2) is 9.97 Å². The number of aromatic nitrogens is 3. The number of aryl methyl sites for hydroxylation is 1. The van der Waals surface area contributed by atoms with Crippen molar-refractivity contribution in [1.82, 2.24) is 14.5 Å². The fourth-order valence-corrected chi connectivity index (χ4v) is 2.46. The number of benzene rings is 1. The second kappa shape index (κ2) is 7.17. The van der Waals surface area contributed by atoms with Gasteiger partial charge in [-0.3, -0.25) is 4.57 Å². The second-order valence-corrected chi connectivity index (χ2v) is 6.03. The van der Waals surface area contributed by atoms with Gasteiger partial charge in [0.15, 0.2) is 5.84 Å². The van der Waals surface area contributed by atoms with Crippen molar-refractivity contribution in [2.45, 2.75) is 26.7 Å². The molecule has 0 aliphatic carbocycles. The first-order chi connectivity index (χ1) is 12.1. The zero-order valence-corrected chi connectivity index (χ0v) is 14.4. The summed E-state index contributed by atoms with van der Waals surface area (Å²) in [5.74, 6) is 1.78. The smallest absolute Gasteiger partial charge is 0.230 e. The molecule has 0 aliphatic heterocycles. The van der Waals surface area contributed by atoms with Gasteiger partial charge in [-0.1, -0.05) is 31.1 Å². The van der Waals surface area contributed by atoms with Crippen molar-refractivity contribution in [1.29, 1.82) is 0 Å². The second-order valence-electron chi connectivity index (χ2n) is 6.03. The first-order valence-corrected chi connectivity index (χ1v) is 8.04. The van der Waals surface area contributed by atoms with Crippen molar-refractivity contribution >= 4 is 5.84 Å². The fraction of sp³-hybridized carbons (Fsp3) is 0.211. The van der Waals surface area contributed by atoms with Gasteiger partial charge in [0.05, 0.1) is 11.3 Å². The van der Waals surface area contributed by atoms with Crippen molar-refractivity contribution in [2.24, 2.45) is 5.16 Å². The first-order valence-electron chi connectivity index (χ1n) is 8.04. The maximum Gasteiger partial charge on any atom is 0.230 e. The molecule has 0 saturated heterocycles. The van der Waals surface area contributed by atoms with Gasteiger partial charge in [-0.05, 0) is 42.7 Å². The molecular formula is C19H20N4O2. The molecule has 0 atom stereocenters. The highest BCUT2D eigenvalue weighted by Gasteiger charge is 2.15. The number of oxime groups is 1. The van der Waals surface area contributed by atoms with Crippen LogP contribution in [0.15, 0.2) is 60.3 Å². The highest BCUT2D eigenvalue weighted by Crippen LogP contribution is 2.26. The van der Waals surface area contributed by atoms with E-state index < -0.39 is 0 Å². The van der Waals surface area contributed by atoms with Crippen LogP contribution < -0.4 is 4.74 Å². The molecule has 2 heterocycles. The molecule has 1 N–H and O–H groups in total. The molecule has 3 rings (SSSR count). The third-order valence-corrected chi connectivity index (χ3v) is 3.82. The molecule has 0 unspecified atom stereocenters. The summed E-state index contributed by atoms with van der Waals surface area (Å²) in [6.45, 7) is 6.15. The lowest BCUT2D eigenvalue weighted by Gasteiger charge is -2.12. The van der Waals surface area contributed by atoms with Crippen LogP contribution in [0.3, 0.4) is 0 Å². The van der Waals surface area contributed by atoms with Crippen LogP contribution in [0.4, 0.5) is 0 Å². The van der Waals surface area contributed by atoms with Gasteiger partial charge in [-0.2, -0.15) is 0 Å². The molecule has 1 aromatic carbocycles. The van der Waals surface area contributed by atoms with Crippen molar-refractivity contribution in [3.63, 3.8) is 0 Å². The van der Waals surface area contributed by atoms with Crippen LogP contribution in [-0.4, -0.2) is 25.6 Å². The lowest BCUT2D eigenvalue weighted by Crippen LogP contribution is -2.13. The minimum absolute atomic E-state index is 0.294. The molecule has 2 aromatic heterocycles. The quantitative estimate of drug-likeness (QED) is 0.336. The summed E-state index contributed by atoms with van der Waals surface area (Å²) in [5.41, 5.74) is 2.62. The summed E-state index contributed by atoms with van der Waals surface area (Å²) in [6.07, 6.45) is 4.98. The molecule has 25 heavy (non-hydrogen) atoms. The third kappa shape index (κ3) is 3.68. The minimum Gasteiger partial charge on any atom is -0.438 e. The Morgan fingerprint density at radius 3 is 2.52 bits per heavy atom. The standard InChI is InChI=1S/C19H20N4O2/c1-13(2)15-6-8-16(9-7-15)25-19-17(5-4-10-20-19)18(22-24)23-11-14(3)21-12-23/h4-13,24H,1-3H3/b22-18-. The zero-order chi connectivity index (χ0) is 17.8. The largest absolute Gasteiger partial charge is 0.438 e. The minimum atomic E-state index is 0.294. The van der Waals surface area contributed by atoms with Crippen molar-refractivity contribution in [3.05, 3.63) is 71.9 Å². The zero-order valence-electron chi connectivity index (χ0n) is 14.4. The van der Waals surface area contributed by atoms with Gasteiger partial charge >= 0.3 is 0 Å². The highest BCUT2D eigenvalue weighted by atomic mass is 16.5.